The molecule has 1 atom stereocenters. The molecule has 75 heavy (non-hydrogen) atoms. The molecule has 0 N–H and O–H groups in total. The van der Waals surface area contributed by atoms with Gasteiger partial charge in [-0.05, 0) is 24.3 Å². The standard InChI is InChI=1S/C68H103NOP2Si3/c1-10-19-50-73(51-20-11-2,52-21-12-3)64-42-36-61(37-43-64)71(62-38-44-65(45-39-62)74(53-22-13-4,54-23-14-5)55-24-15-6)69(60-33-29-28-30-34-60)72(67-35-31-32-59-48-49-70-68(59)67)63-40-46-66(47-41-63)75(56-25-16-7,57-26-17-8)58-27-18-9/h28-49H,10-27,50-58H2,1-9H3. The second kappa shape index (κ2) is 32.1. The van der Waals surface area contributed by atoms with Crippen LogP contribution in [0, 0.1) is 0 Å². The molecule has 7 heteroatoms. The van der Waals surface area contributed by atoms with E-state index in [0.717, 1.165) is 5.58 Å². The van der Waals surface area contributed by atoms with Crippen molar-refractivity contribution >= 4 is 93.8 Å². The number of nitrogens with zero attached hydrogens (tertiary/aromatic N) is 1. The Morgan fingerprint density at radius 2 is 0.653 bits per heavy atom. The minimum absolute atomic E-state index is 1.03. The molecule has 0 saturated carbocycles. The number of para-hydroxylation sites is 2. The zero-order valence-corrected chi connectivity index (χ0v) is 53.8. The van der Waals surface area contributed by atoms with E-state index in [9.17, 15) is 0 Å². The molecule has 0 radical (unpaired) electrons. The molecule has 1 aromatic heterocycles. The van der Waals surface area contributed by atoms with Gasteiger partial charge in [-0.3, -0.25) is 0 Å². The molecule has 0 aliphatic rings. The SMILES string of the molecule is CCCC[Si](CCCC)(CCCC)c1ccc(P(c2ccc([Si](CCCC)(CCCC)CCCC)cc2)N(c2ccccc2)P(c2ccc([Si](CCCC)(CCCC)CCCC)cc2)c2cccc3ccoc23)cc1. The molecule has 0 bridgehead atoms. The van der Waals surface area contributed by atoms with Crippen molar-refractivity contribution in [3.8, 4) is 0 Å². The van der Waals surface area contributed by atoms with Gasteiger partial charge in [0.1, 0.15) is 5.58 Å². The Labute approximate surface area is 465 Å². The van der Waals surface area contributed by atoms with E-state index in [0.29, 0.717) is 0 Å². The van der Waals surface area contributed by atoms with Crippen LogP contribution < -0.4 is 41.2 Å². The molecule has 0 spiro atoms. The van der Waals surface area contributed by atoms with Crippen LogP contribution in [0.15, 0.2) is 138 Å². The molecule has 1 heterocycles. The summed E-state index contributed by atoms with van der Waals surface area (Å²) in [5, 5.41) is 11.9. The van der Waals surface area contributed by atoms with Crippen LogP contribution in [0.3, 0.4) is 0 Å². The number of furan rings is 1. The first-order valence-electron chi connectivity index (χ1n) is 31.0. The molecular weight excluding hydrogens is 993 g/mol. The van der Waals surface area contributed by atoms with E-state index in [4.69, 9.17) is 4.42 Å². The lowest BCUT2D eigenvalue weighted by atomic mass is 10.3. The molecule has 6 rings (SSSR count). The first kappa shape index (κ1) is 61.2. The lowest BCUT2D eigenvalue weighted by molar-refractivity contribution is 0.618. The third kappa shape index (κ3) is 15.8. The van der Waals surface area contributed by atoms with E-state index >= 15 is 0 Å². The highest BCUT2D eigenvalue weighted by Gasteiger charge is 2.39. The summed E-state index contributed by atoms with van der Waals surface area (Å²) in [6, 6.07) is 65.2. The molecule has 5 aromatic carbocycles. The van der Waals surface area contributed by atoms with Crippen LogP contribution in [-0.2, 0) is 0 Å². The third-order valence-electron chi connectivity index (χ3n) is 17.3. The largest absolute Gasteiger partial charge is 0.464 e. The molecule has 0 aliphatic carbocycles. The van der Waals surface area contributed by atoms with Crippen LogP contribution in [0.5, 0.6) is 0 Å². The fraction of sp³-hybridized carbons (Fsp3) is 0.529. The van der Waals surface area contributed by atoms with Crippen molar-refractivity contribution in [2.75, 3.05) is 4.44 Å². The van der Waals surface area contributed by atoms with Gasteiger partial charge < -0.3 is 8.86 Å². The number of fused-ring (bicyclic) bond motifs is 1. The van der Waals surface area contributed by atoms with Crippen LogP contribution >= 0.6 is 16.1 Å². The highest BCUT2D eigenvalue weighted by molar-refractivity contribution is 7.91. The average molecular weight is 1100 g/mol. The Hall–Kier alpha value is -3.05. The highest BCUT2D eigenvalue weighted by atomic mass is 31.2. The second-order valence-electron chi connectivity index (χ2n) is 22.8. The van der Waals surface area contributed by atoms with Gasteiger partial charge in [-0.15, -0.1) is 0 Å². The first-order valence-corrected chi connectivity index (χ1v) is 41.4. The molecule has 408 valence electrons. The smallest absolute Gasteiger partial charge is 0.143 e. The van der Waals surface area contributed by atoms with E-state index in [1.54, 1.807) is 15.6 Å². The summed E-state index contributed by atoms with van der Waals surface area (Å²) in [6.45, 7) is 21.6. The van der Waals surface area contributed by atoms with Gasteiger partial charge in [0.15, 0.2) is 0 Å². The monoisotopic (exact) mass is 1100 g/mol. The zero-order valence-electron chi connectivity index (χ0n) is 49.0. The van der Waals surface area contributed by atoms with Crippen molar-refractivity contribution in [3.05, 3.63) is 134 Å². The summed E-state index contributed by atoms with van der Waals surface area (Å²) in [7, 11) is -7.40. The van der Waals surface area contributed by atoms with Gasteiger partial charge in [-0.1, -0.05) is 351 Å². The van der Waals surface area contributed by atoms with Crippen LogP contribution in [0.4, 0.5) is 5.69 Å². The summed E-state index contributed by atoms with van der Waals surface area (Å²) in [5.41, 5.74) is 2.33. The number of hydrogen-bond donors (Lipinski definition) is 0. The van der Waals surface area contributed by atoms with Crippen LogP contribution in [0.2, 0.25) is 54.4 Å². The second-order valence-corrected chi connectivity index (χ2v) is 41.1. The minimum atomic E-state index is -1.73. The lowest BCUT2D eigenvalue weighted by Crippen LogP contribution is -2.48. The van der Waals surface area contributed by atoms with E-state index in [1.807, 2.05) is 6.26 Å². The molecule has 6 aromatic rings. The average Bonchev–Trinajstić information content (AvgIpc) is 3.95. The fourth-order valence-electron chi connectivity index (χ4n) is 12.7. The molecule has 0 saturated heterocycles. The van der Waals surface area contributed by atoms with Crippen molar-refractivity contribution in [2.24, 2.45) is 0 Å². The quantitative estimate of drug-likeness (QED) is 0.0286. The summed E-state index contributed by atoms with van der Waals surface area (Å²) in [4.78, 5) is 0. The van der Waals surface area contributed by atoms with Crippen molar-refractivity contribution in [1.82, 2.24) is 0 Å². The highest BCUT2D eigenvalue weighted by Crippen LogP contribution is 2.58. The van der Waals surface area contributed by atoms with Crippen LogP contribution in [0.25, 0.3) is 11.0 Å². The van der Waals surface area contributed by atoms with E-state index in [1.165, 1.54) is 202 Å². The molecule has 0 amide bonds. The molecule has 0 aliphatic heterocycles. The van der Waals surface area contributed by atoms with Gasteiger partial charge in [0.25, 0.3) is 0 Å². The number of unbranched alkanes of at least 4 members (excludes halogenated alkanes) is 9. The van der Waals surface area contributed by atoms with Gasteiger partial charge >= 0.3 is 0 Å². The van der Waals surface area contributed by atoms with Gasteiger partial charge in [-0.25, -0.2) is 0 Å². The van der Waals surface area contributed by atoms with Crippen LogP contribution in [0.1, 0.15) is 178 Å². The Balaban J connectivity index is 1.65. The lowest BCUT2D eigenvalue weighted by Gasteiger charge is -2.41. The maximum atomic E-state index is 6.65. The Bertz CT molecular complexity index is 2330. The maximum absolute atomic E-state index is 6.65. The summed E-state index contributed by atoms with van der Waals surface area (Å²) < 4.78 is 9.60. The summed E-state index contributed by atoms with van der Waals surface area (Å²) >= 11 is 0. The van der Waals surface area contributed by atoms with Crippen LogP contribution in [-0.4, -0.2) is 24.2 Å². The molecule has 0 fully saturated rings. The van der Waals surface area contributed by atoms with E-state index < -0.39 is 40.4 Å². The van der Waals surface area contributed by atoms with Crippen molar-refractivity contribution in [2.45, 2.75) is 232 Å². The third-order valence-corrected chi connectivity index (χ3v) is 39.2. The van der Waals surface area contributed by atoms with Gasteiger partial charge in [0.2, 0.25) is 0 Å². The molecule has 2 nitrogen and oxygen atoms in total. The van der Waals surface area contributed by atoms with Crippen molar-refractivity contribution in [1.29, 1.82) is 0 Å². The van der Waals surface area contributed by atoms with Gasteiger partial charge in [-0.2, -0.15) is 0 Å². The number of anilines is 1. The molecule has 1 unspecified atom stereocenters. The molecular formula is C68H103NOP2Si3. The predicted octanol–water partition coefficient (Wildman–Crippen LogP) is 19.5. The summed E-state index contributed by atoms with van der Waals surface area (Å²) in [5.74, 6) is 0. The van der Waals surface area contributed by atoms with Crippen molar-refractivity contribution in [3.63, 3.8) is 0 Å². The van der Waals surface area contributed by atoms with E-state index in [2.05, 4.69) is 194 Å². The maximum Gasteiger partial charge on any atom is 0.143 e. The number of hydrogen-bond acceptors (Lipinski definition) is 2. The minimum Gasteiger partial charge on any atom is -0.464 e. The zero-order chi connectivity index (χ0) is 53.4. The Kier molecular flexibility index (Phi) is 26.2. The van der Waals surface area contributed by atoms with Gasteiger partial charge in [0, 0.05) is 32.3 Å². The first-order chi connectivity index (χ1) is 36.8. The summed E-state index contributed by atoms with van der Waals surface area (Å²) in [6.07, 6.45) is 25.6. The van der Waals surface area contributed by atoms with Crippen molar-refractivity contribution < 1.29 is 4.42 Å². The Morgan fingerprint density at radius 3 is 0.973 bits per heavy atom. The van der Waals surface area contributed by atoms with E-state index in [-0.39, 0.29) is 0 Å². The topological polar surface area (TPSA) is 16.4 Å². The number of rotatable bonds is 37. The predicted molar refractivity (Wildman–Crippen MR) is 350 cm³/mol. The number of benzene rings is 5. The fourth-order valence-corrected chi connectivity index (χ4v) is 35.4. The Morgan fingerprint density at radius 1 is 0.333 bits per heavy atom. The van der Waals surface area contributed by atoms with Gasteiger partial charge in [0.05, 0.1) is 46.6 Å². The normalized spacial score (nSPS) is 12.8.